The van der Waals surface area contributed by atoms with Gasteiger partial charge in [0.2, 0.25) is 0 Å². The Balaban J connectivity index is 1.61. The molecule has 1 nitrogen and oxygen atoms in total. The van der Waals surface area contributed by atoms with Crippen molar-refractivity contribution in [3.05, 3.63) is 82.7 Å². The normalized spacial score (nSPS) is 19.7. The molecule has 0 saturated heterocycles. The zero-order valence-corrected chi connectivity index (χ0v) is 16.2. The van der Waals surface area contributed by atoms with Crippen LogP contribution in [-0.2, 0) is 4.74 Å². The van der Waals surface area contributed by atoms with Crippen LogP contribution in [0.5, 0.6) is 0 Å². The smallest absolute Gasteiger partial charge is 0.139 e. The molecule has 3 rings (SSSR count). The van der Waals surface area contributed by atoms with Gasteiger partial charge in [0.05, 0.1) is 18.3 Å². The minimum absolute atomic E-state index is 0.224. The molecule has 0 atom stereocenters. The molecule has 0 aliphatic heterocycles. The van der Waals surface area contributed by atoms with Crippen LogP contribution in [0, 0.1) is 24.6 Å². The Morgan fingerprint density at radius 3 is 2.44 bits per heavy atom. The number of allylic oxidation sites excluding steroid dienone is 1. The van der Waals surface area contributed by atoms with E-state index in [1.807, 2.05) is 62.4 Å². The Morgan fingerprint density at radius 1 is 1.04 bits per heavy atom. The Hall–Kier alpha value is -2.37. The third-order valence-corrected chi connectivity index (χ3v) is 5.20. The Kier molecular flexibility index (Phi) is 6.85. The fourth-order valence-corrected chi connectivity index (χ4v) is 3.51. The third-order valence-electron chi connectivity index (χ3n) is 5.20. The van der Waals surface area contributed by atoms with E-state index in [-0.39, 0.29) is 5.82 Å². The maximum absolute atomic E-state index is 14.5. The van der Waals surface area contributed by atoms with Crippen LogP contribution in [0.1, 0.15) is 60.8 Å². The van der Waals surface area contributed by atoms with E-state index < -0.39 is 0 Å². The number of aryl methyl sites for hydroxylation is 1. The molecule has 1 fully saturated rings. The van der Waals surface area contributed by atoms with Gasteiger partial charge in [0.25, 0.3) is 0 Å². The molecule has 140 valence electrons. The molecule has 0 heterocycles. The first kappa shape index (κ1) is 19.4. The molecule has 1 aliphatic rings. The SMILES string of the molecule is C/C=C/COC1CCC(c2ccc(C#Cc3ccc(C)cc3)c(F)c2)CC1. The van der Waals surface area contributed by atoms with Crippen molar-refractivity contribution < 1.29 is 9.13 Å². The van der Waals surface area contributed by atoms with Crippen LogP contribution in [0.15, 0.2) is 54.6 Å². The highest BCUT2D eigenvalue weighted by molar-refractivity contribution is 5.45. The lowest BCUT2D eigenvalue weighted by atomic mass is 9.82. The minimum Gasteiger partial charge on any atom is -0.374 e. The van der Waals surface area contributed by atoms with E-state index in [4.69, 9.17) is 4.74 Å². The Labute approximate surface area is 162 Å². The summed E-state index contributed by atoms with van der Waals surface area (Å²) in [7, 11) is 0. The van der Waals surface area contributed by atoms with Crippen molar-refractivity contribution in [2.75, 3.05) is 6.61 Å². The monoisotopic (exact) mass is 362 g/mol. The van der Waals surface area contributed by atoms with Gasteiger partial charge in [-0.15, -0.1) is 0 Å². The van der Waals surface area contributed by atoms with Gasteiger partial charge in [0.15, 0.2) is 0 Å². The van der Waals surface area contributed by atoms with Gasteiger partial charge < -0.3 is 4.74 Å². The zero-order chi connectivity index (χ0) is 19.1. The second kappa shape index (κ2) is 9.53. The molecule has 0 N–H and O–H groups in total. The van der Waals surface area contributed by atoms with Gasteiger partial charge in [0.1, 0.15) is 5.82 Å². The number of hydrogen-bond acceptors (Lipinski definition) is 1. The number of halogens is 1. The van der Waals surface area contributed by atoms with E-state index in [1.165, 1.54) is 5.56 Å². The summed E-state index contributed by atoms with van der Waals surface area (Å²) in [5.41, 5.74) is 3.64. The van der Waals surface area contributed by atoms with E-state index >= 15 is 0 Å². The number of hydrogen-bond donors (Lipinski definition) is 0. The lowest BCUT2D eigenvalue weighted by molar-refractivity contribution is 0.0422. The van der Waals surface area contributed by atoms with Crippen molar-refractivity contribution in [3.63, 3.8) is 0 Å². The quantitative estimate of drug-likeness (QED) is 0.468. The molecule has 2 aromatic carbocycles. The zero-order valence-electron chi connectivity index (χ0n) is 16.2. The molecule has 1 aliphatic carbocycles. The predicted molar refractivity (Wildman–Crippen MR) is 109 cm³/mol. The number of benzene rings is 2. The molecule has 0 amide bonds. The first-order valence-corrected chi connectivity index (χ1v) is 9.76. The summed E-state index contributed by atoms with van der Waals surface area (Å²) in [6, 6.07) is 13.5. The van der Waals surface area contributed by atoms with Crippen LogP contribution >= 0.6 is 0 Å². The Morgan fingerprint density at radius 2 is 1.78 bits per heavy atom. The van der Waals surface area contributed by atoms with Crippen LogP contribution in [-0.4, -0.2) is 12.7 Å². The average Bonchev–Trinajstić information content (AvgIpc) is 2.69. The van der Waals surface area contributed by atoms with E-state index in [2.05, 4.69) is 11.8 Å². The molecular weight excluding hydrogens is 335 g/mol. The lowest BCUT2D eigenvalue weighted by Crippen LogP contribution is -2.21. The highest BCUT2D eigenvalue weighted by Crippen LogP contribution is 2.34. The van der Waals surface area contributed by atoms with Crippen LogP contribution < -0.4 is 0 Å². The second-order valence-electron chi connectivity index (χ2n) is 7.23. The van der Waals surface area contributed by atoms with Crippen LogP contribution in [0.3, 0.4) is 0 Å². The lowest BCUT2D eigenvalue weighted by Gasteiger charge is -2.28. The summed E-state index contributed by atoms with van der Waals surface area (Å²) < 4.78 is 20.4. The van der Waals surface area contributed by atoms with Crippen LogP contribution in [0.2, 0.25) is 0 Å². The molecule has 0 unspecified atom stereocenters. The van der Waals surface area contributed by atoms with E-state index in [1.54, 1.807) is 6.07 Å². The molecule has 2 aromatic rings. The molecule has 0 radical (unpaired) electrons. The molecular formula is C25H27FO. The maximum Gasteiger partial charge on any atom is 0.139 e. The maximum atomic E-state index is 14.5. The van der Waals surface area contributed by atoms with Gasteiger partial charge in [-0.2, -0.15) is 0 Å². The van der Waals surface area contributed by atoms with E-state index in [0.29, 0.717) is 24.2 Å². The summed E-state index contributed by atoms with van der Waals surface area (Å²) in [5, 5.41) is 0. The highest BCUT2D eigenvalue weighted by atomic mass is 19.1. The van der Waals surface area contributed by atoms with E-state index in [0.717, 1.165) is 36.8 Å². The van der Waals surface area contributed by atoms with Gasteiger partial charge in [-0.1, -0.05) is 47.8 Å². The van der Waals surface area contributed by atoms with Gasteiger partial charge >= 0.3 is 0 Å². The van der Waals surface area contributed by atoms with Gasteiger partial charge in [-0.05, 0) is 75.3 Å². The average molecular weight is 362 g/mol. The fraction of sp³-hybridized carbons (Fsp3) is 0.360. The molecule has 1 saturated carbocycles. The van der Waals surface area contributed by atoms with Gasteiger partial charge in [0, 0.05) is 5.56 Å². The molecule has 0 aromatic heterocycles. The Bertz CT molecular complexity index is 831. The summed E-state index contributed by atoms with van der Waals surface area (Å²) >= 11 is 0. The summed E-state index contributed by atoms with van der Waals surface area (Å²) in [6.45, 7) is 4.73. The van der Waals surface area contributed by atoms with Crippen molar-refractivity contribution in [2.45, 2.75) is 51.6 Å². The fourth-order valence-electron chi connectivity index (χ4n) is 3.51. The first-order valence-electron chi connectivity index (χ1n) is 9.76. The summed E-state index contributed by atoms with van der Waals surface area (Å²) in [4.78, 5) is 0. The number of rotatable bonds is 4. The largest absolute Gasteiger partial charge is 0.374 e. The van der Waals surface area contributed by atoms with Crippen LogP contribution in [0.4, 0.5) is 4.39 Å². The van der Waals surface area contributed by atoms with Crippen molar-refractivity contribution in [2.24, 2.45) is 0 Å². The van der Waals surface area contributed by atoms with Crippen LogP contribution in [0.25, 0.3) is 0 Å². The van der Waals surface area contributed by atoms with Crippen molar-refractivity contribution in [3.8, 4) is 11.8 Å². The molecule has 0 spiro atoms. The molecule has 27 heavy (non-hydrogen) atoms. The van der Waals surface area contributed by atoms with Gasteiger partial charge in [-0.3, -0.25) is 0 Å². The molecule has 2 heteroatoms. The van der Waals surface area contributed by atoms with Crippen molar-refractivity contribution >= 4 is 0 Å². The van der Waals surface area contributed by atoms with E-state index in [9.17, 15) is 4.39 Å². The highest BCUT2D eigenvalue weighted by Gasteiger charge is 2.23. The second-order valence-corrected chi connectivity index (χ2v) is 7.23. The standard InChI is InChI=1S/C25H27FO/c1-3-4-17-27-24-15-13-21(14-16-24)23-12-11-22(25(26)18-23)10-9-20-7-5-19(2)6-8-20/h3-8,11-12,18,21,24H,13-17H2,1-2H3/b4-3+. The third kappa shape index (κ3) is 5.55. The topological polar surface area (TPSA) is 9.23 Å². The summed E-state index contributed by atoms with van der Waals surface area (Å²) in [6.07, 6.45) is 8.57. The minimum atomic E-state index is -0.224. The molecule has 0 bridgehead atoms. The predicted octanol–water partition coefficient (Wildman–Crippen LogP) is 6.15. The number of ether oxygens (including phenoxy) is 1. The van der Waals surface area contributed by atoms with Gasteiger partial charge in [-0.25, -0.2) is 4.39 Å². The first-order chi connectivity index (χ1) is 13.2. The van der Waals surface area contributed by atoms with Crippen molar-refractivity contribution in [1.82, 2.24) is 0 Å². The van der Waals surface area contributed by atoms with Crippen molar-refractivity contribution in [1.29, 1.82) is 0 Å². The summed E-state index contributed by atoms with van der Waals surface area (Å²) in [5.74, 6) is 6.20.